The summed E-state index contributed by atoms with van der Waals surface area (Å²) in [6.07, 6.45) is 1.15. The Morgan fingerprint density at radius 2 is 1.74 bits per heavy atom. The minimum atomic E-state index is -0.296. The lowest BCUT2D eigenvalue weighted by Crippen LogP contribution is -2.35. The molecule has 0 heterocycles. The summed E-state index contributed by atoms with van der Waals surface area (Å²) in [5.74, 6) is -0.432. The Morgan fingerprint density at radius 1 is 1.09 bits per heavy atom. The predicted octanol–water partition coefficient (Wildman–Crippen LogP) is 1.63. The minimum Gasteiger partial charge on any atom is -0.352 e. The van der Waals surface area contributed by atoms with Gasteiger partial charge in [0.2, 0.25) is 11.8 Å². The van der Waals surface area contributed by atoms with E-state index in [2.05, 4.69) is 10.2 Å². The molecule has 2 amide bonds. The normalized spacial score (nSPS) is 10.7. The van der Waals surface area contributed by atoms with Crippen LogP contribution in [0.1, 0.15) is 25.3 Å². The number of amides is 2. The highest BCUT2D eigenvalue weighted by molar-refractivity contribution is 5.78. The third-order valence-corrected chi connectivity index (χ3v) is 3.49. The monoisotopic (exact) mass is 323 g/mol. The maximum Gasteiger partial charge on any atom is 0.222 e. The van der Waals surface area contributed by atoms with E-state index in [0.29, 0.717) is 19.6 Å². The van der Waals surface area contributed by atoms with Crippen molar-refractivity contribution in [1.29, 1.82) is 0 Å². The second-order valence-electron chi connectivity index (χ2n) is 5.82. The van der Waals surface area contributed by atoms with Crippen molar-refractivity contribution in [3.63, 3.8) is 0 Å². The fourth-order valence-corrected chi connectivity index (χ4v) is 2.13. The van der Waals surface area contributed by atoms with E-state index in [1.807, 2.05) is 14.1 Å². The molecule has 0 unspecified atom stereocenters. The number of nitrogens with zero attached hydrogens (tertiary/aromatic N) is 2. The van der Waals surface area contributed by atoms with E-state index >= 15 is 0 Å². The standard InChI is InChI=1S/C17H26FN3O2/c1-14(22)21(11-4-10-20(2)3)12-9-17(23)19-13-15-5-7-16(18)8-6-15/h5-8H,4,9-13H2,1-3H3,(H,19,23). The molecule has 0 saturated heterocycles. The van der Waals surface area contributed by atoms with Gasteiger partial charge >= 0.3 is 0 Å². The van der Waals surface area contributed by atoms with Gasteiger partial charge in [0.25, 0.3) is 0 Å². The highest BCUT2D eigenvalue weighted by Crippen LogP contribution is 2.02. The van der Waals surface area contributed by atoms with Crippen LogP contribution in [-0.2, 0) is 16.1 Å². The fourth-order valence-electron chi connectivity index (χ4n) is 2.13. The molecule has 0 aliphatic rings. The van der Waals surface area contributed by atoms with E-state index in [1.165, 1.54) is 19.1 Å². The SMILES string of the molecule is CC(=O)N(CCCN(C)C)CCC(=O)NCc1ccc(F)cc1. The van der Waals surface area contributed by atoms with Crippen LogP contribution in [0.3, 0.4) is 0 Å². The molecule has 6 heteroatoms. The van der Waals surface area contributed by atoms with Gasteiger partial charge < -0.3 is 15.1 Å². The molecule has 128 valence electrons. The van der Waals surface area contributed by atoms with Crippen molar-refractivity contribution < 1.29 is 14.0 Å². The average molecular weight is 323 g/mol. The van der Waals surface area contributed by atoms with Gasteiger partial charge in [-0.1, -0.05) is 12.1 Å². The van der Waals surface area contributed by atoms with Crippen LogP contribution in [0.15, 0.2) is 24.3 Å². The van der Waals surface area contributed by atoms with Gasteiger partial charge in [0.15, 0.2) is 0 Å². The summed E-state index contributed by atoms with van der Waals surface area (Å²) < 4.78 is 12.8. The van der Waals surface area contributed by atoms with Crippen molar-refractivity contribution >= 4 is 11.8 Å². The maximum atomic E-state index is 12.8. The Balaban J connectivity index is 2.31. The van der Waals surface area contributed by atoms with Crippen molar-refractivity contribution in [3.8, 4) is 0 Å². The van der Waals surface area contributed by atoms with Gasteiger partial charge in [0.1, 0.15) is 5.82 Å². The van der Waals surface area contributed by atoms with Gasteiger partial charge in [-0.3, -0.25) is 9.59 Å². The molecule has 5 nitrogen and oxygen atoms in total. The van der Waals surface area contributed by atoms with Crippen molar-refractivity contribution in [2.45, 2.75) is 26.3 Å². The first kappa shape index (κ1) is 19.1. The molecule has 0 aliphatic heterocycles. The van der Waals surface area contributed by atoms with Crippen LogP contribution in [0.4, 0.5) is 4.39 Å². The molecule has 0 bridgehead atoms. The van der Waals surface area contributed by atoms with Crippen molar-refractivity contribution in [1.82, 2.24) is 15.1 Å². The summed E-state index contributed by atoms with van der Waals surface area (Å²) >= 11 is 0. The Kier molecular flexibility index (Phi) is 8.26. The van der Waals surface area contributed by atoms with Crippen molar-refractivity contribution in [3.05, 3.63) is 35.6 Å². The van der Waals surface area contributed by atoms with E-state index in [-0.39, 0.29) is 24.1 Å². The van der Waals surface area contributed by atoms with Crippen molar-refractivity contribution in [2.75, 3.05) is 33.7 Å². The summed E-state index contributed by atoms with van der Waals surface area (Å²) in [4.78, 5) is 27.2. The molecule has 0 aliphatic carbocycles. The Morgan fingerprint density at radius 3 is 2.30 bits per heavy atom. The summed E-state index contributed by atoms with van der Waals surface area (Å²) in [5, 5.41) is 2.78. The summed E-state index contributed by atoms with van der Waals surface area (Å²) in [6, 6.07) is 6.00. The topological polar surface area (TPSA) is 52.7 Å². The zero-order valence-corrected chi connectivity index (χ0v) is 14.1. The van der Waals surface area contributed by atoms with E-state index < -0.39 is 0 Å². The smallest absolute Gasteiger partial charge is 0.222 e. The van der Waals surface area contributed by atoms with Gasteiger partial charge in [-0.05, 0) is 44.8 Å². The fraction of sp³-hybridized carbons (Fsp3) is 0.529. The molecule has 0 atom stereocenters. The Hall–Kier alpha value is -1.95. The van der Waals surface area contributed by atoms with Gasteiger partial charge in [-0.25, -0.2) is 4.39 Å². The van der Waals surface area contributed by atoms with Crippen LogP contribution < -0.4 is 5.32 Å². The molecule has 0 radical (unpaired) electrons. The first-order valence-corrected chi connectivity index (χ1v) is 7.80. The largest absolute Gasteiger partial charge is 0.352 e. The quantitative estimate of drug-likeness (QED) is 0.751. The third kappa shape index (κ3) is 8.30. The Labute approximate surface area is 137 Å². The van der Waals surface area contributed by atoms with E-state index in [0.717, 1.165) is 18.5 Å². The molecular formula is C17H26FN3O2. The molecule has 0 fully saturated rings. The van der Waals surface area contributed by atoms with Gasteiger partial charge in [-0.2, -0.15) is 0 Å². The lowest BCUT2D eigenvalue weighted by atomic mass is 10.2. The van der Waals surface area contributed by atoms with Crippen LogP contribution in [0, 0.1) is 5.82 Å². The molecule has 1 aromatic carbocycles. The number of halogens is 1. The molecule has 0 aromatic heterocycles. The van der Waals surface area contributed by atoms with Gasteiger partial charge in [0, 0.05) is 33.0 Å². The number of carbonyl (C=O) groups is 2. The molecule has 23 heavy (non-hydrogen) atoms. The first-order valence-electron chi connectivity index (χ1n) is 7.80. The number of carbonyl (C=O) groups excluding carboxylic acids is 2. The lowest BCUT2D eigenvalue weighted by molar-refractivity contribution is -0.129. The second kappa shape index (κ2) is 9.94. The first-order chi connectivity index (χ1) is 10.9. The molecule has 0 spiro atoms. The average Bonchev–Trinajstić information content (AvgIpc) is 2.49. The van der Waals surface area contributed by atoms with E-state index in [1.54, 1.807) is 17.0 Å². The summed E-state index contributed by atoms with van der Waals surface area (Å²) in [6.45, 7) is 3.85. The van der Waals surface area contributed by atoms with E-state index in [9.17, 15) is 14.0 Å². The molecule has 0 saturated carbocycles. The zero-order valence-electron chi connectivity index (χ0n) is 14.1. The number of hydrogen-bond donors (Lipinski definition) is 1. The molecule has 1 N–H and O–H groups in total. The number of hydrogen-bond acceptors (Lipinski definition) is 3. The van der Waals surface area contributed by atoms with Crippen LogP contribution in [0.5, 0.6) is 0 Å². The summed E-state index contributed by atoms with van der Waals surface area (Å²) in [7, 11) is 3.97. The predicted molar refractivity (Wildman–Crippen MR) is 88.3 cm³/mol. The molecule has 1 rings (SSSR count). The Bertz CT molecular complexity index is 503. The van der Waals surface area contributed by atoms with Gasteiger partial charge in [0.05, 0.1) is 0 Å². The van der Waals surface area contributed by atoms with E-state index in [4.69, 9.17) is 0 Å². The van der Waals surface area contributed by atoms with Crippen LogP contribution in [0.25, 0.3) is 0 Å². The number of benzene rings is 1. The maximum absolute atomic E-state index is 12.8. The van der Waals surface area contributed by atoms with Crippen molar-refractivity contribution in [2.24, 2.45) is 0 Å². The molecule has 1 aromatic rings. The van der Waals surface area contributed by atoms with Crippen LogP contribution >= 0.6 is 0 Å². The third-order valence-electron chi connectivity index (χ3n) is 3.49. The van der Waals surface area contributed by atoms with Crippen LogP contribution in [-0.4, -0.2) is 55.3 Å². The minimum absolute atomic E-state index is 0.0184. The number of rotatable bonds is 9. The molecular weight excluding hydrogens is 297 g/mol. The lowest BCUT2D eigenvalue weighted by Gasteiger charge is -2.21. The second-order valence-corrected chi connectivity index (χ2v) is 5.82. The number of nitrogens with one attached hydrogen (secondary N) is 1. The highest BCUT2D eigenvalue weighted by atomic mass is 19.1. The highest BCUT2D eigenvalue weighted by Gasteiger charge is 2.11. The summed E-state index contributed by atoms with van der Waals surface area (Å²) in [5.41, 5.74) is 0.842. The van der Waals surface area contributed by atoms with Crippen LogP contribution in [0.2, 0.25) is 0 Å². The van der Waals surface area contributed by atoms with Gasteiger partial charge in [-0.15, -0.1) is 0 Å². The zero-order chi connectivity index (χ0) is 17.2.